The van der Waals surface area contributed by atoms with Gasteiger partial charge in [-0.25, -0.2) is 0 Å². The minimum absolute atomic E-state index is 0.0423. The summed E-state index contributed by atoms with van der Waals surface area (Å²) in [5.74, 6) is 0.992. The van der Waals surface area contributed by atoms with E-state index in [0.29, 0.717) is 0 Å². The second-order valence-electron chi connectivity index (χ2n) is 4.32. The van der Waals surface area contributed by atoms with Gasteiger partial charge in [0, 0.05) is 18.7 Å². The third kappa shape index (κ3) is 1.95. The molecule has 16 heavy (non-hydrogen) atoms. The van der Waals surface area contributed by atoms with Crippen molar-refractivity contribution in [3.8, 4) is 0 Å². The summed E-state index contributed by atoms with van der Waals surface area (Å²) >= 11 is 0. The molecule has 1 unspecified atom stereocenters. The van der Waals surface area contributed by atoms with Crippen LogP contribution in [0.5, 0.6) is 0 Å². The summed E-state index contributed by atoms with van der Waals surface area (Å²) in [4.78, 5) is 11.8. The first kappa shape index (κ1) is 11.1. The molecule has 1 saturated heterocycles. The maximum absolute atomic E-state index is 11.8. The molecule has 0 radical (unpaired) electrons. The van der Waals surface area contributed by atoms with Gasteiger partial charge in [-0.3, -0.25) is 4.79 Å². The minimum atomic E-state index is -0.0423. The van der Waals surface area contributed by atoms with Gasteiger partial charge >= 0.3 is 0 Å². The Bertz CT molecular complexity index is 376. The van der Waals surface area contributed by atoms with E-state index in [0.717, 1.165) is 30.1 Å². The summed E-state index contributed by atoms with van der Waals surface area (Å²) in [5.41, 5.74) is 1.83. The predicted octanol–water partition coefficient (Wildman–Crippen LogP) is 0.688. The molecular weight excluding hydrogens is 206 g/mol. The number of rotatable bonds is 3. The molecule has 5 nitrogen and oxygen atoms in total. The Hall–Kier alpha value is -1.36. The maximum atomic E-state index is 11.8. The van der Waals surface area contributed by atoms with Gasteiger partial charge in [0.1, 0.15) is 5.76 Å². The average Bonchev–Trinajstić information content (AvgIpc) is 2.42. The molecule has 1 amide bonds. The van der Waals surface area contributed by atoms with Crippen LogP contribution in [0.1, 0.15) is 30.0 Å². The van der Waals surface area contributed by atoms with Gasteiger partial charge in [0.15, 0.2) is 0 Å². The molecule has 1 aliphatic heterocycles. The maximum Gasteiger partial charge on any atom is 0.226 e. The lowest BCUT2D eigenvalue weighted by Gasteiger charge is -2.27. The number of nitrogens with zero attached hydrogens (tertiary/aromatic N) is 1. The van der Waals surface area contributed by atoms with E-state index in [1.807, 2.05) is 20.8 Å². The monoisotopic (exact) mass is 223 g/mol. The lowest BCUT2D eigenvalue weighted by atomic mass is 10.0. The second-order valence-corrected chi connectivity index (χ2v) is 4.32. The van der Waals surface area contributed by atoms with Crippen LogP contribution < -0.4 is 10.6 Å². The van der Waals surface area contributed by atoms with Crippen LogP contribution in [0, 0.1) is 19.8 Å². The lowest BCUT2D eigenvalue weighted by Crippen LogP contribution is -2.51. The predicted molar refractivity (Wildman–Crippen MR) is 58.9 cm³/mol. The van der Waals surface area contributed by atoms with Crippen molar-refractivity contribution in [3.05, 3.63) is 17.0 Å². The molecule has 1 aliphatic rings. The first-order chi connectivity index (χ1) is 7.59. The SMILES string of the molecule is Cc1noc(C)c1C(C)NC(=O)C1CNC1. The van der Waals surface area contributed by atoms with Gasteiger partial charge in [0.2, 0.25) is 5.91 Å². The summed E-state index contributed by atoms with van der Waals surface area (Å²) in [6.45, 7) is 7.26. The van der Waals surface area contributed by atoms with Crippen LogP contribution in [0.2, 0.25) is 0 Å². The van der Waals surface area contributed by atoms with E-state index in [4.69, 9.17) is 4.52 Å². The number of aryl methyl sites for hydroxylation is 2. The number of nitrogens with one attached hydrogen (secondary N) is 2. The average molecular weight is 223 g/mol. The van der Waals surface area contributed by atoms with Gasteiger partial charge < -0.3 is 15.2 Å². The smallest absolute Gasteiger partial charge is 0.226 e. The zero-order chi connectivity index (χ0) is 11.7. The van der Waals surface area contributed by atoms with Crippen LogP contribution in [0.3, 0.4) is 0 Å². The van der Waals surface area contributed by atoms with Crippen molar-refractivity contribution in [3.63, 3.8) is 0 Å². The third-order valence-electron chi connectivity index (χ3n) is 3.03. The molecule has 1 aromatic heterocycles. The van der Waals surface area contributed by atoms with Crippen molar-refractivity contribution < 1.29 is 9.32 Å². The number of hydrogen-bond donors (Lipinski definition) is 2. The van der Waals surface area contributed by atoms with Gasteiger partial charge in [0.05, 0.1) is 17.7 Å². The quantitative estimate of drug-likeness (QED) is 0.791. The first-order valence-corrected chi connectivity index (χ1v) is 5.53. The zero-order valence-corrected chi connectivity index (χ0v) is 9.83. The molecule has 88 valence electrons. The molecule has 1 atom stereocenters. The number of carbonyl (C=O) groups is 1. The van der Waals surface area contributed by atoms with Crippen LogP contribution >= 0.6 is 0 Å². The molecule has 0 bridgehead atoms. The molecule has 2 rings (SSSR count). The van der Waals surface area contributed by atoms with Crippen LogP contribution in [0.25, 0.3) is 0 Å². The normalized spacial score (nSPS) is 17.9. The highest BCUT2D eigenvalue weighted by Crippen LogP contribution is 2.21. The molecular formula is C11H17N3O2. The molecule has 5 heteroatoms. The van der Waals surface area contributed by atoms with E-state index >= 15 is 0 Å². The van der Waals surface area contributed by atoms with Gasteiger partial charge in [-0.15, -0.1) is 0 Å². The largest absolute Gasteiger partial charge is 0.361 e. The van der Waals surface area contributed by atoms with Gasteiger partial charge in [-0.1, -0.05) is 5.16 Å². The van der Waals surface area contributed by atoms with E-state index in [1.54, 1.807) is 0 Å². The number of aromatic nitrogens is 1. The van der Waals surface area contributed by atoms with E-state index in [-0.39, 0.29) is 17.9 Å². The molecule has 0 aromatic carbocycles. The highest BCUT2D eigenvalue weighted by molar-refractivity contribution is 5.80. The highest BCUT2D eigenvalue weighted by Gasteiger charge is 2.27. The Morgan fingerprint density at radius 1 is 1.56 bits per heavy atom. The molecule has 1 fully saturated rings. The Kier molecular flexibility index (Phi) is 2.96. The Labute approximate surface area is 94.6 Å². The van der Waals surface area contributed by atoms with Crippen molar-refractivity contribution in [1.82, 2.24) is 15.8 Å². The molecule has 0 spiro atoms. The summed E-state index contributed by atoms with van der Waals surface area (Å²) < 4.78 is 5.09. The van der Waals surface area contributed by atoms with Crippen molar-refractivity contribution in [2.75, 3.05) is 13.1 Å². The highest BCUT2D eigenvalue weighted by atomic mass is 16.5. The second kappa shape index (κ2) is 4.25. The lowest BCUT2D eigenvalue weighted by molar-refractivity contribution is -0.127. The van der Waals surface area contributed by atoms with Gasteiger partial charge in [-0.2, -0.15) is 0 Å². The van der Waals surface area contributed by atoms with E-state index in [2.05, 4.69) is 15.8 Å². The zero-order valence-electron chi connectivity index (χ0n) is 9.83. The van der Waals surface area contributed by atoms with Crippen molar-refractivity contribution in [2.24, 2.45) is 5.92 Å². The molecule has 2 N–H and O–H groups in total. The number of hydrogen-bond acceptors (Lipinski definition) is 4. The molecule has 0 saturated carbocycles. The number of amides is 1. The minimum Gasteiger partial charge on any atom is -0.361 e. The molecule has 1 aromatic rings. The summed E-state index contributed by atoms with van der Waals surface area (Å²) in [7, 11) is 0. The summed E-state index contributed by atoms with van der Waals surface area (Å²) in [5, 5.41) is 9.95. The van der Waals surface area contributed by atoms with E-state index in [1.165, 1.54) is 0 Å². The Balaban J connectivity index is 2.02. The van der Waals surface area contributed by atoms with Gasteiger partial charge in [-0.05, 0) is 20.8 Å². The summed E-state index contributed by atoms with van der Waals surface area (Å²) in [6.07, 6.45) is 0. The Morgan fingerprint density at radius 2 is 2.25 bits per heavy atom. The third-order valence-corrected chi connectivity index (χ3v) is 3.03. The first-order valence-electron chi connectivity index (χ1n) is 5.53. The topological polar surface area (TPSA) is 67.2 Å². The van der Waals surface area contributed by atoms with E-state index < -0.39 is 0 Å². The number of carbonyl (C=O) groups excluding carboxylic acids is 1. The fourth-order valence-electron chi connectivity index (χ4n) is 1.99. The van der Waals surface area contributed by atoms with Crippen LogP contribution in [-0.4, -0.2) is 24.2 Å². The van der Waals surface area contributed by atoms with Crippen molar-refractivity contribution in [1.29, 1.82) is 0 Å². The van der Waals surface area contributed by atoms with Crippen molar-refractivity contribution in [2.45, 2.75) is 26.8 Å². The standard InChI is InChI=1S/C11H17N3O2/c1-6(10-7(2)14-16-8(10)3)13-11(15)9-4-12-5-9/h6,9,12H,4-5H2,1-3H3,(H,13,15). The van der Waals surface area contributed by atoms with Crippen LogP contribution in [-0.2, 0) is 4.79 Å². The van der Waals surface area contributed by atoms with Gasteiger partial charge in [0.25, 0.3) is 0 Å². The fraction of sp³-hybridized carbons (Fsp3) is 0.636. The van der Waals surface area contributed by atoms with E-state index in [9.17, 15) is 4.79 Å². The molecule has 0 aliphatic carbocycles. The van der Waals surface area contributed by atoms with Crippen LogP contribution in [0.15, 0.2) is 4.52 Å². The Morgan fingerprint density at radius 3 is 2.69 bits per heavy atom. The fourth-order valence-corrected chi connectivity index (χ4v) is 1.99. The molecule has 2 heterocycles. The summed E-state index contributed by atoms with van der Waals surface area (Å²) in [6, 6.07) is -0.0423. The van der Waals surface area contributed by atoms with Crippen molar-refractivity contribution >= 4 is 5.91 Å². The van der Waals surface area contributed by atoms with Crippen LogP contribution in [0.4, 0.5) is 0 Å².